The summed E-state index contributed by atoms with van der Waals surface area (Å²) in [6.45, 7) is 6.23. The Kier molecular flexibility index (Phi) is 5.80. The van der Waals surface area contributed by atoms with Gasteiger partial charge in [0.2, 0.25) is 0 Å². The van der Waals surface area contributed by atoms with Crippen LogP contribution >= 0.6 is 0 Å². The topological polar surface area (TPSA) is 32.3 Å². The molecule has 3 heteroatoms. The lowest BCUT2D eigenvalue weighted by Crippen LogP contribution is -2.35. The molecule has 116 valence electrons. The van der Waals surface area contributed by atoms with Crippen molar-refractivity contribution in [2.45, 2.75) is 45.6 Å². The van der Waals surface area contributed by atoms with Gasteiger partial charge in [-0.3, -0.25) is 4.79 Å². The van der Waals surface area contributed by atoms with Crippen LogP contribution in [-0.4, -0.2) is 37.0 Å². The van der Waals surface area contributed by atoms with E-state index in [1.165, 1.54) is 12.8 Å². The van der Waals surface area contributed by atoms with Crippen molar-refractivity contribution in [2.75, 3.05) is 20.1 Å². The van der Waals surface area contributed by atoms with Crippen LogP contribution in [0.3, 0.4) is 0 Å². The quantitative estimate of drug-likeness (QED) is 0.797. The first kappa shape index (κ1) is 16.0. The molecule has 0 atom stereocenters. The molecule has 1 aliphatic carbocycles. The Balaban J connectivity index is 2.12. The summed E-state index contributed by atoms with van der Waals surface area (Å²) < 4.78 is 0. The van der Waals surface area contributed by atoms with Crippen LogP contribution in [-0.2, 0) is 6.42 Å². The summed E-state index contributed by atoms with van der Waals surface area (Å²) >= 11 is 0. The summed E-state index contributed by atoms with van der Waals surface area (Å²) in [5.74, 6) is 0.864. The molecule has 1 aromatic rings. The second kappa shape index (κ2) is 7.60. The van der Waals surface area contributed by atoms with Crippen molar-refractivity contribution in [2.24, 2.45) is 5.92 Å². The van der Waals surface area contributed by atoms with Gasteiger partial charge in [0.05, 0.1) is 0 Å². The summed E-state index contributed by atoms with van der Waals surface area (Å²) in [5.41, 5.74) is 2.05. The molecule has 1 aromatic carbocycles. The Morgan fingerprint density at radius 3 is 2.67 bits per heavy atom. The smallest absolute Gasteiger partial charge is 0.254 e. The highest BCUT2D eigenvalue weighted by Crippen LogP contribution is 2.29. The number of amides is 1. The molecule has 0 radical (unpaired) electrons. The van der Waals surface area contributed by atoms with Crippen LogP contribution in [0.25, 0.3) is 0 Å². The highest BCUT2D eigenvalue weighted by atomic mass is 16.2. The van der Waals surface area contributed by atoms with E-state index in [0.717, 1.165) is 37.1 Å². The third-order valence-electron chi connectivity index (χ3n) is 4.09. The van der Waals surface area contributed by atoms with Crippen LogP contribution in [0.5, 0.6) is 0 Å². The average molecular weight is 288 g/mol. The van der Waals surface area contributed by atoms with Crippen molar-refractivity contribution in [1.29, 1.82) is 0 Å². The maximum Gasteiger partial charge on any atom is 0.254 e. The zero-order valence-corrected chi connectivity index (χ0v) is 13.6. The summed E-state index contributed by atoms with van der Waals surface area (Å²) in [4.78, 5) is 15.0. The molecule has 21 heavy (non-hydrogen) atoms. The Hall–Kier alpha value is -1.35. The van der Waals surface area contributed by atoms with Gasteiger partial charge >= 0.3 is 0 Å². The maximum absolute atomic E-state index is 12.9. The first-order chi connectivity index (χ1) is 10.1. The summed E-state index contributed by atoms with van der Waals surface area (Å²) in [5, 5.41) is 3.16. The second-order valence-electron chi connectivity index (χ2n) is 6.42. The molecule has 2 rings (SSSR count). The molecular weight excluding hydrogens is 260 g/mol. The molecule has 0 aromatic heterocycles. The lowest BCUT2D eigenvalue weighted by Gasteiger charge is -2.24. The van der Waals surface area contributed by atoms with Gasteiger partial charge in [0.1, 0.15) is 0 Å². The van der Waals surface area contributed by atoms with E-state index in [1.807, 2.05) is 25.2 Å². The zero-order chi connectivity index (χ0) is 15.2. The Bertz CT molecular complexity index is 466. The van der Waals surface area contributed by atoms with Gasteiger partial charge in [-0.05, 0) is 56.8 Å². The molecule has 3 nitrogen and oxygen atoms in total. The van der Waals surface area contributed by atoms with Gasteiger partial charge in [0, 0.05) is 18.2 Å². The highest BCUT2D eigenvalue weighted by molar-refractivity contribution is 5.96. The summed E-state index contributed by atoms with van der Waals surface area (Å²) in [7, 11) is 1.95. The molecular formula is C18H28N2O. The highest BCUT2D eigenvalue weighted by Gasteiger charge is 2.33. The minimum atomic E-state index is 0.227. The SMILES string of the molecule is CNCCc1ccccc1C(=O)N(CCC(C)C)C1CC1. The standard InChI is InChI=1S/C18H28N2O/c1-14(2)11-13-20(16-8-9-16)18(21)17-7-5-4-6-15(17)10-12-19-3/h4-7,14,16,19H,8-13H2,1-3H3. The average Bonchev–Trinajstić information content (AvgIpc) is 3.30. The molecule has 1 fully saturated rings. The second-order valence-corrected chi connectivity index (χ2v) is 6.42. The molecule has 0 aliphatic heterocycles. The fourth-order valence-electron chi connectivity index (χ4n) is 2.59. The fourth-order valence-corrected chi connectivity index (χ4v) is 2.59. The van der Waals surface area contributed by atoms with E-state index in [0.29, 0.717) is 12.0 Å². The molecule has 0 saturated heterocycles. The van der Waals surface area contributed by atoms with E-state index in [-0.39, 0.29) is 5.91 Å². The Labute approximate surface area is 128 Å². The van der Waals surface area contributed by atoms with Crippen molar-refractivity contribution in [3.05, 3.63) is 35.4 Å². The summed E-state index contributed by atoms with van der Waals surface area (Å²) in [6.07, 6.45) is 4.33. The van der Waals surface area contributed by atoms with Gasteiger partial charge < -0.3 is 10.2 Å². The van der Waals surface area contributed by atoms with Crippen LogP contribution in [0.2, 0.25) is 0 Å². The first-order valence-electron chi connectivity index (χ1n) is 8.17. The molecule has 0 heterocycles. The molecule has 0 unspecified atom stereocenters. The van der Waals surface area contributed by atoms with Gasteiger partial charge in [0.25, 0.3) is 5.91 Å². The summed E-state index contributed by atoms with van der Waals surface area (Å²) in [6, 6.07) is 8.55. The van der Waals surface area contributed by atoms with Crippen LogP contribution in [0.15, 0.2) is 24.3 Å². The van der Waals surface area contributed by atoms with Crippen molar-refractivity contribution in [3.8, 4) is 0 Å². The van der Waals surface area contributed by atoms with Gasteiger partial charge in [-0.2, -0.15) is 0 Å². The number of nitrogens with zero attached hydrogens (tertiary/aromatic N) is 1. The lowest BCUT2D eigenvalue weighted by atomic mass is 10.0. The zero-order valence-electron chi connectivity index (χ0n) is 13.6. The van der Waals surface area contributed by atoms with Crippen molar-refractivity contribution in [1.82, 2.24) is 10.2 Å². The van der Waals surface area contributed by atoms with E-state index < -0.39 is 0 Å². The molecule has 1 N–H and O–H groups in total. The van der Waals surface area contributed by atoms with E-state index in [2.05, 4.69) is 30.1 Å². The maximum atomic E-state index is 12.9. The van der Waals surface area contributed by atoms with Crippen molar-refractivity contribution >= 4 is 5.91 Å². The number of carbonyl (C=O) groups excluding carboxylic acids is 1. The predicted octanol–water partition coefficient (Wildman–Crippen LogP) is 3.10. The van der Waals surface area contributed by atoms with E-state index in [1.54, 1.807) is 0 Å². The van der Waals surface area contributed by atoms with Crippen LogP contribution < -0.4 is 5.32 Å². The molecule has 1 amide bonds. The van der Waals surface area contributed by atoms with Crippen LogP contribution in [0, 0.1) is 5.92 Å². The molecule has 1 saturated carbocycles. The Morgan fingerprint density at radius 2 is 2.05 bits per heavy atom. The number of benzene rings is 1. The van der Waals surface area contributed by atoms with Gasteiger partial charge in [0.15, 0.2) is 0 Å². The van der Waals surface area contributed by atoms with Crippen LogP contribution in [0.4, 0.5) is 0 Å². The number of likely N-dealkylation sites (N-methyl/N-ethyl adjacent to an activating group) is 1. The number of nitrogens with one attached hydrogen (secondary N) is 1. The third-order valence-corrected chi connectivity index (χ3v) is 4.09. The predicted molar refractivity (Wildman–Crippen MR) is 87.6 cm³/mol. The monoisotopic (exact) mass is 288 g/mol. The van der Waals surface area contributed by atoms with E-state index >= 15 is 0 Å². The van der Waals surface area contributed by atoms with Gasteiger partial charge in [-0.15, -0.1) is 0 Å². The van der Waals surface area contributed by atoms with Crippen molar-refractivity contribution < 1.29 is 4.79 Å². The normalized spacial score (nSPS) is 14.5. The Morgan fingerprint density at radius 1 is 1.33 bits per heavy atom. The van der Waals surface area contributed by atoms with Crippen LogP contribution in [0.1, 0.15) is 49.0 Å². The van der Waals surface area contributed by atoms with Gasteiger partial charge in [-0.25, -0.2) is 0 Å². The first-order valence-corrected chi connectivity index (χ1v) is 8.17. The number of carbonyl (C=O) groups is 1. The molecule has 0 spiro atoms. The number of hydrogen-bond acceptors (Lipinski definition) is 2. The number of rotatable bonds is 8. The fraction of sp³-hybridized carbons (Fsp3) is 0.611. The minimum Gasteiger partial charge on any atom is -0.336 e. The molecule has 1 aliphatic rings. The largest absolute Gasteiger partial charge is 0.336 e. The minimum absolute atomic E-state index is 0.227. The van der Waals surface area contributed by atoms with Crippen molar-refractivity contribution in [3.63, 3.8) is 0 Å². The van der Waals surface area contributed by atoms with E-state index in [4.69, 9.17) is 0 Å². The number of hydrogen-bond donors (Lipinski definition) is 1. The molecule has 0 bridgehead atoms. The van der Waals surface area contributed by atoms with E-state index in [9.17, 15) is 4.79 Å². The van der Waals surface area contributed by atoms with Gasteiger partial charge in [-0.1, -0.05) is 32.0 Å². The lowest BCUT2D eigenvalue weighted by molar-refractivity contribution is 0.0734. The third kappa shape index (κ3) is 4.57.